The maximum Gasteiger partial charge on any atom is 0.252 e. The highest BCUT2D eigenvalue weighted by Gasteiger charge is 2.13. The van der Waals surface area contributed by atoms with Crippen LogP contribution in [0, 0.1) is 26.6 Å². The van der Waals surface area contributed by atoms with Gasteiger partial charge >= 0.3 is 0 Å². The third-order valence-electron chi connectivity index (χ3n) is 4.70. The van der Waals surface area contributed by atoms with E-state index in [1.165, 1.54) is 23.0 Å². The lowest BCUT2D eigenvalue weighted by Gasteiger charge is -2.09. The number of fused-ring (bicyclic) bond motifs is 1. The summed E-state index contributed by atoms with van der Waals surface area (Å²) in [5.74, 6) is -0.545. The molecule has 0 bridgehead atoms. The van der Waals surface area contributed by atoms with Crippen LogP contribution in [0.5, 0.6) is 0 Å². The number of aryl methyl sites for hydroxylation is 3. The first-order valence-corrected chi connectivity index (χ1v) is 10.2. The van der Waals surface area contributed by atoms with Crippen LogP contribution >= 0.6 is 11.3 Å². The summed E-state index contributed by atoms with van der Waals surface area (Å²) in [5.41, 5.74) is 4.84. The van der Waals surface area contributed by atoms with E-state index in [1.54, 1.807) is 10.6 Å². The summed E-state index contributed by atoms with van der Waals surface area (Å²) in [7, 11) is 0. The van der Waals surface area contributed by atoms with E-state index >= 15 is 0 Å². The molecule has 148 valence electrons. The summed E-state index contributed by atoms with van der Waals surface area (Å²) < 4.78 is 22.4. The molecular weight excluding hydrogens is 375 g/mol. The Kier molecular flexibility index (Phi) is 6.42. The molecule has 0 aliphatic rings. The van der Waals surface area contributed by atoms with Crippen molar-refractivity contribution in [2.75, 3.05) is 13.2 Å². The SMILES string of the molecule is CCOCCn1c(=NC(=O)Cc2c(C)cc(C)cc2C)sc2cccc(F)c21. The molecule has 0 fully saturated rings. The molecule has 4 nitrogen and oxygen atoms in total. The predicted molar refractivity (Wildman–Crippen MR) is 111 cm³/mol. The Morgan fingerprint density at radius 2 is 1.93 bits per heavy atom. The number of hydrogen-bond donors (Lipinski definition) is 0. The van der Waals surface area contributed by atoms with Gasteiger partial charge in [-0.05, 0) is 56.5 Å². The van der Waals surface area contributed by atoms with Gasteiger partial charge in [0.1, 0.15) is 5.82 Å². The highest BCUT2D eigenvalue weighted by atomic mass is 32.1. The summed E-state index contributed by atoms with van der Waals surface area (Å²) in [6, 6.07) is 9.10. The van der Waals surface area contributed by atoms with Crippen molar-refractivity contribution in [2.45, 2.75) is 40.7 Å². The largest absolute Gasteiger partial charge is 0.380 e. The molecule has 3 rings (SSSR count). The number of thiazole rings is 1. The van der Waals surface area contributed by atoms with Crippen LogP contribution in [-0.2, 0) is 22.5 Å². The molecule has 0 saturated carbocycles. The Balaban J connectivity index is 2.00. The van der Waals surface area contributed by atoms with Gasteiger partial charge in [-0.15, -0.1) is 0 Å². The van der Waals surface area contributed by atoms with Crippen molar-refractivity contribution in [2.24, 2.45) is 4.99 Å². The fourth-order valence-corrected chi connectivity index (χ4v) is 4.55. The first-order chi connectivity index (χ1) is 13.4. The Labute approximate surface area is 168 Å². The van der Waals surface area contributed by atoms with Crippen molar-refractivity contribution in [3.63, 3.8) is 0 Å². The molecule has 2 aromatic carbocycles. The normalized spacial score (nSPS) is 12.1. The number of para-hydroxylation sites is 1. The zero-order chi connectivity index (χ0) is 20.3. The minimum Gasteiger partial charge on any atom is -0.380 e. The fraction of sp³-hybridized carbons (Fsp3) is 0.364. The van der Waals surface area contributed by atoms with Gasteiger partial charge in [-0.2, -0.15) is 4.99 Å². The number of ether oxygens (including phenoxy) is 1. The monoisotopic (exact) mass is 400 g/mol. The molecule has 0 aliphatic heterocycles. The zero-order valence-corrected chi connectivity index (χ0v) is 17.5. The number of hydrogen-bond acceptors (Lipinski definition) is 3. The summed E-state index contributed by atoms with van der Waals surface area (Å²) in [6.07, 6.45) is 0.236. The summed E-state index contributed by atoms with van der Waals surface area (Å²) in [4.78, 5) is 17.6. The molecular formula is C22H25FN2O2S. The quantitative estimate of drug-likeness (QED) is 0.573. The van der Waals surface area contributed by atoms with Crippen LogP contribution in [0.2, 0.25) is 0 Å². The maximum absolute atomic E-state index is 14.4. The van der Waals surface area contributed by atoms with Gasteiger partial charge in [0.15, 0.2) is 4.80 Å². The highest BCUT2D eigenvalue weighted by Crippen LogP contribution is 2.21. The van der Waals surface area contributed by atoms with Crippen molar-refractivity contribution >= 4 is 27.5 Å². The molecule has 0 unspecified atom stereocenters. The number of amides is 1. The summed E-state index contributed by atoms with van der Waals surface area (Å²) >= 11 is 1.33. The average molecular weight is 401 g/mol. The van der Waals surface area contributed by atoms with Crippen molar-refractivity contribution < 1.29 is 13.9 Å². The number of halogens is 1. The van der Waals surface area contributed by atoms with Crippen molar-refractivity contribution in [3.8, 4) is 0 Å². The Morgan fingerprint density at radius 1 is 1.21 bits per heavy atom. The lowest BCUT2D eigenvalue weighted by molar-refractivity contribution is -0.117. The lowest BCUT2D eigenvalue weighted by Crippen LogP contribution is -2.20. The highest BCUT2D eigenvalue weighted by molar-refractivity contribution is 7.16. The fourth-order valence-electron chi connectivity index (χ4n) is 3.47. The lowest BCUT2D eigenvalue weighted by atomic mass is 9.97. The average Bonchev–Trinajstić information content (AvgIpc) is 2.97. The summed E-state index contributed by atoms with van der Waals surface area (Å²) in [5, 5.41) is 0. The Bertz CT molecular complexity index is 1060. The van der Waals surface area contributed by atoms with Crippen molar-refractivity contribution in [1.82, 2.24) is 4.57 Å². The molecule has 0 atom stereocenters. The predicted octanol–water partition coefficient (Wildman–Crippen LogP) is 4.47. The van der Waals surface area contributed by atoms with Gasteiger partial charge in [0.25, 0.3) is 5.91 Å². The van der Waals surface area contributed by atoms with Gasteiger partial charge in [0.05, 0.1) is 23.2 Å². The number of rotatable bonds is 6. The summed E-state index contributed by atoms with van der Waals surface area (Å²) in [6.45, 7) is 9.46. The van der Waals surface area contributed by atoms with Gasteiger partial charge in [0, 0.05) is 13.2 Å². The van der Waals surface area contributed by atoms with E-state index in [0.717, 1.165) is 21.4 Å². The van der Waals surface area contributed by atoms with Crippen molar-refractivity contribution in [3.05, 3.63) is 63.2 Å². The second-order valence-electron chi connectivity index (χ2n) is 6.88. The smallest absolute Gasteiger partial charge is 0.252 e. The van der Waals surface area contributed by atoms with E-state index in [-0.39, 0.29) is 18.1 Å². The molecule has 0 N–H and O–H groups in total. The minimum absolute atomic E-state index is 0.229. The standard InChI is InChI=1S/C22H25FN2O2S/c1-5-27-10-9-25-21-18(23)7-6-8-19(21)28-22(25)24-20(26)13-17-15(3)11-14(2)12-16(17)4/h6-8,11-12H,5,9-10,13H2,1-4H3. The third kappa shape index (κ3) is 4.39. The molecule has 3 aromatic rings. The van der Waals surface area contributed by atoms with Gasteiger partial charge < -0.3 is 9.30 Å². The van der Waals surface area contributed by atoms with Crippen LogP contribution in [0.4, 0.5) is 4.39 Å². The van der Waals surface area contributed by atoms with Gasteiger partial charge in [0.2, 0.25) is 0 Å². The number of carbonyl (C=O) groups is 1. The first-order valence-electron chi connectivity index (χ1n) is 9.40. The molecule has 0 aliphatic carbocycles. The second-order valence-corrected chi connectivity index (χ2v) is 7.89. The van der Waals surface area contributed by atoms with E-state index < -0.39 is 0 Å². The van der Waals surface area contributed by atoms with Crippen molar-refractivity contribution in [1.29, 1.82) is 0 Å². The van der Waals surface area contributed by atoms with E-state index in [2.05, 4.69) is 17.1 Å². The van der Waals surface area contributed by atoms with Crippen LogP contribution in [-0.4, -0.2) is 23.7 Å². The van der Waals surface area contributed by atoms with Gasteiger partial charge in [-0.1, -0.05) is 35.1 Å². The molecule has 28 heavy (non-hydrogen) atoms. The van der Waals surface area contributed by atoms with E-state index in [9.17, 15) is 9.18 Å². The number of aromatic nitrogens is 1. The number of benzene rings is 2. The third-order valence-corrected chi connectivity index (χ3v) is 5.75. The Morgan fingerprint density at radius 3 is 2.61 bits per heavy atom. The molecule has 1 amide bonds. The van der Waals surface area contributed by atoms with E-state index in [0.29, 0.717) is 30.1 Å². The molecule has 0 radical (unpaired) electrons. The number of nitrogens with zero attached hydrogens (tertiary/aromatic N) is 2. The second kappa shape index (κ2) is 8.80. The molecule has 0 spiro atoms. The van der Waals surface area contributed by atoms with Crippen LogP contribution < -0.4 is 4.80 Å². The first kappa shape index (κ1) is 20.4. The topological polar surface area (TPSA) is 43.6 Å². The van der Waals surface area contributed by atoms with E-state index in [1.807, 2.05) is 33.8 Å². The van der Waals surface area contributed by atoms with Crippen LogP contribution in [0.15, 0.2) is 35.3 Å². The number of carbonyl (C=O) groups excluding carboxylic acids is 1. The van der Waals surface area contributed by atoms with Gasteiger partial charge in [-0.3, -0.25) is 4.79 Å². The minimum atomic E-state index is -0.315. The molecule has 1 aromatic heterocycles. The van der Waals surface area contributed by atoms with Crippen LogP contribution in [0.25, 0.3) is 10.2 Å². The van der Waals surface area contributed by atoms with Crippen LogP contribution in [0.1, 0.15) is 29.2 Å². The molecule has 0 saturated heterocycles. The zero-order valence-electron chi connectivity index (χ0n) is 16.7. The van der Waals surface area contributed by atoms with Crippen LogP contribution in [0.3, 0.4) is 0 Å². The van der Waals surface area contributed by atoms with E-state index in [4.69, 9.17) is 4.74 Å². The molecule has 6 heteroatoms. The maximum atomic E-state index is 14.4. The molecule has 1 heterocycles. The van der Waals surface area contributed by atoms with Gasteiger partial charge in [-0.25, -0.2) is 4.39 Å². The Hall–Kier alpha value is -2.31.